The molecule has 0 aliphatic carbocycles. The van der Waals surface area contributed by atoms with Gasteiger partial charge in [-0.2, -0.15) is 0 Å². The molecule has 3 heterocycles. The third kappa shape index (κ3) is 6.36. The normalized spacial score (nSPS) is 11.5. The van der Waals surface area contributed by atoms with Gasteiger partial charge in [0.1, 0.15) is 5.58 Å². The van der Waals surface area contributed by atoms with Gasteiger partial charge in [-0.05, 0) is 112 Å². The van der Waals surface area contributed by atoms with Gasteiger partial charge in [-0.15, -0.1) is 0 Å². The predicted molar refractivity (Wildman–Crippen MR) is 262 cm³/mol. The van der Waals surface area contributed by atoms with Crippen molar-refractivity contribution < 1.29 is 4.42 Å². The molecule has 0 N–H and O–H groups in total. The van der Waals surface area contributed by atoms with Crippen molar-refractivity contribution in [3.63, 3.8) is 0 Å². The van der Waals surface area contributed by atoms with Gasteiger partial charge in [0, 0.05) is 50.9 Å². The van der Waals surface area contributed by atoms with Crippen LogP contribution in [0, 0.1) is 0 Å². The molecule has 0 aliphatic rings. The van der Waals surface area contributed by atoms with Crippen molar-refractivity contribution >= 4 is 60.8 Å². The van der Waals surface area contributed by atoms with Crippen LogP contribution in [-0.4, -0.2) is 9.55 Å². The van der Waals surface area contributed by atoms with E-state index in [1.807, 2.05) is 30.6 Å². The second-order valence-corrected chi connectivity index (χ2v) is 16.0. The maximum atomic E-state index is 6.56. The summed E-state index contributed by atoms with van der Waals surface area (Å²) in [5, 5.41) is 4.64. The summed E-state index contributed by atoms with van der Waals surface area (Å²) < 4.78 is 8.91. The quantitative estimate of drug-likeness (QED) is 0.153. The zero-order chi connectivity index (χ0) is 41.7. The van der Waals surface area contributed by atoms with Crippen molar-refractivity contribution in [1.82, 2.24) is 9.55 Å². The van der Waals surface area contributed by atoms with Gasteiger partial charge < -0.3 is 13.9 Å². The lowest BCUT2D eigenvalue weighted by Crippen LogP contribution is -2.11. The van der Waals surface area contributed by atoms with Crippen LogP contribution < -0.4 is 4.90 Å². The van der Waals surface area contributed by atoms with Crippen LogP contribution in [0.1, 0.15) is 0 Å². The Balaban J connectivity index is 0.966. The largest absolute Gasteiger partial charge is 0.454 e. The first-order chi connectivity index (χ1) is 31.2. The van der Waals surface area contributed by atoms with E-state index in [0.717, 1.165) is 89.1 Å². The summed E-state index contributed by atoms with van der Waals surface area (Å²) in [5.74, 6) is 0. The second-order valence-electron chi connectivity index (χ2n) is 16.0. The highest BCUT2D eigenvalue weighted by Crippen LogP contribution is 2.44. The van der Waals surface area contributed by atoms with Gasteiger partial charge in [0.15, 0.2) is 5.58 Å². The zero-order valence-electron chi connectivity index (χ0n) is 34.3. The van der Waals surface area contributed by atoms with E-state index in [2.05, 4.69) is 221 Å². The highest BCUT2D eigenvalue weighted by molar-refractivity contribution is 6.13. The van der Waals surface area contributed by atoms with Gasteiger partial charge in [0.25, 0.3) is 0 Å². The van der Waals surface area contributed by atoms with Gasteiger partial charge in [0.2, 0.25) is 0 Å². The SMILES string of the molecule is c1ccc(-c2ccc(N(c3ccc(-c4cccnc4)cc3)c3ccccc3-c3cccc(-c4ccc5c(c4)c4ccccc4n5-c4cccc5c4oc4ccccc45)c3)cc2)cc1. The highest BCUT2D eigenvalue weighted by atomic mass is 16.3. The van der Waals surface area contributed by atoms with Crippen LogP contribution in [0.3, 0.4) is 0 Å². The zero-order valence-corrected chi connectivity index (χ0v) is 34.3. The standard InChI is InChI=1S/C59H39N3O/c1-2-13-40(14-3-1)41-26-31-47(32-27-41)61(48-33-28-42(29-34-48)46-17-12-36-60-39-46)54-22-7-4-18-49(54)45-16-10-15-43(37-45)44-30-35-56-53(38-44)50-19-5-8-23-55(50)62(56)57-24-11-21-52-51-20-6-9-25-58(51)63-59(52)57/h1-39H. The van der Waals surface area contributed by atoms with Crippen molar-refractivity contribution in [2.75, 3.05) is 4.90 Å². The first kappa shape index (κ1) is 36.4. The van der Waals surface area contributed by atoms with Gasteiger partial charge in [-0.3, -0.25) is 4.98 Å². The van der Waals surface area contributed by atoms with Crippen LogP contribution in [0.2, 0.25) is 0 Å². The number of fused-ring (bicyclic) bond motifs is 6. The molecule has 9 aromatic carbocycles. The number of para-hydroxylation sites is 4. The lowest BCUT2D eigenvalue weighted by molar-refractivity contribution is 0.666. The van der Waals surface area contributed by atoms with E-state index >= 15 is 0 Å². The Morgan fingerprint density at radius 3 is 1.78 bits per heavy atom. The molecular formula is C59H39N3O. The molecule has 0 saturated heterocycles. The summed E-state index contributed by atoms with van der Waals surface area (Å²) in [6, 6.07) is 80.3. The smallest absolute Gasteiger partial charge is 0.159 e. The number of furan rings is 1. The summed E-state index contributed by atoms with van der Waals surface area (Å²) >= 11 is 0. The van der Waals surface area contributed by atoms with Crippen LogP contribution in [0.5, 0.6) is 0 Å². The number of nitrogens with zero attached hydrogens (tertiary/aromatic N) is 3. The minimum Gasteiger partial charge on any atom is -0.454 e. The number of benzene rings is 9. The molecule has 0 aliphatic heterocycles. The third-order valence-corrected chi connectivity index (χ3v) is 12.3. The molecule has 0 saturated carbocycles. The fourth-order valence-electron chi connectivity index (χ4n) is 9.30. The molecule has 4 heteroatoms. The van der Waals surface area contributed by atoms with Crippen molar-refractivity contribution in [1.29, 1.82) is 0 Å². The van der Waals surface area contributed by atoms with Crippen molar-refractivity contribution in [2.24, 2.45) is 0 Å². The summed E-state index contributed by atoms with van der Waals surface area (Å²) in [6.45, 7) is 0. The second kappa shape index (κ2) is 15.2. The summed E-state index contributed by atoms with van der Waals surface area (Å²) in [5.41, 5.74) is 17.5. The number of anilines is 3. The van der Waals surface area contributed by atoms with Crippen molar-refractivity contribution in [3.8, 4) is 50.2 Å². The monoisotopic (exact) mass is 805 g/mol. The minimum absolute atomic E-state index is 0.891. The van der Waals surface area contributed by atoms with Crippen molar-refractivity contribution in [3.05, 3.63) is 237 Å². The molecule has 0 unspecified atom stereocenters. The molecule has 3 aromatic heterocycles. The topological polar surface area (TPSA) is 34.2 Å². The van der Waals surface area contributed by atoms with Crippen molar-refractivity contribution in [2.45, 2.75) is 0 Å². The lowest BCUT2D eigenvalue weighted by atomic mass is 9.96. The molecule has 4 nitrogen and oxygen atoms in total. The highest BCUT2D eigenvalue weighted by Gasteiger charge is 2.20. The van der Waals surface area contributed by atoms with Crippen LogP contribution in [0.25, 0.3) is 93.9 Å². The fraction of sp³-hybridized carbons (Fsp3) is 0. The average molecular weight is 806 g/mol. The van der Waals surface area contributed by atoms with Gasteiger partial charge >= 0.3 is 0 Å². The molecule has 63 heavy (non-hydrogen) atoms. The Morgan fingerprint density at radius 1 is 0.381 bits per heavy atom. The first-order valence-electron chi connectivity index (χ1n) is 21.3. The van der Waals surface area contributed by atoms with Gasteiger partial charge in [-0.25, -0.2) is 0 Å². The molecule has 296 valence electrons. The van der Waals surface area contributed by atoms with E-state index in [1.54, 1.807) is 0 Å². The van der Waals surface area contributed by atoms with E-state index in [1.165, 1.54) is 21.9 Å². The number of hydrogen-bond acceptors (Lipinski definition) is 3. The van der Waals surface area contributed by atoms with E-state index in [0.29, 0.717) is 0 Å². The van der Waals surface area contributed by atoms with Crippen LogP contribution in [-0.2, 0) is 0 Å². The Kier molecular flexibility index (Phi) is 8.79. The molecular weight excluding hydrogens is 767 g/mol. The number of aromatic nitrogens is 2. The number of hydrogen-bond donors (Lipinski definition) is 0. The fourth-order valence-corrected chi connectivity index (χ4v) is 9.30. The molecule has 12 aromatic rings. The number of pyridine rings is 1. The average Bonchev–Trinajstić information content (AvgIpc) is 3.91. The Bertz CT molecular complexity index is 3520. The molecule has 0 spiro atoms. The predicted octanol–water partition coefficient (Wildman–Crippen LogP) is 16.2. The Morgan fingerprint density at radius 2 is 0.968 bits per heavy atom. The van der Waals surface area contributed by atoms with E-state index in [-0.39, 0.29) is 0 Å². The van der Waals surface area contributed by atoms with Crippen LogP contribution in [0.4, 0.5) is 17.1 Å². The summed E-state index contributed by atoms with van der Waals surface area (Å²) in [7, 11) is 0. The van der Waals surface area contributed by atoms with E-state index in [4.69, 9.17) is 4.42 Å². The van der Waals surface area contributed by atoms with Gasteiger partial charge in [0.05, 0.1) is 22.4 Å². The van der Waals surface area contributed by atoms with Crippen LogP contribution >= 0.6 is 0 Å². The van der Waals surface area contributed by atoms with Crippen LogP contribution in [0.15, 0.2) is 241 Å². The maximum absolute atomic E-state index is 6.56. The molecule has 0 amide bonds. The Labute approximate surface area is 365 Å². The molecule has 0 radical (unpaired) electrons. The third-order valence-electron chi connectivity index (χ3n) is 12.3. The molecule has 12 rings (SSSR count). The first-order valence-corrected chi connectivity index (χ1v) is 21.3. The van der Waals surface area contributed by atoms with E-state index in [9.17, 15) is 0 Å². The maximum Gasteiger partial charge on any atom is 0.159 e. The lowest BCUT2D eigenvalue weighted by Gasteiger charge is -2.28. The summed E-state index contributed by atoms with van der Waals surface area (Å²) in [6.07, 6.45) is 3.73. The number of rotatable bonds is 8. The summed E-state index contributed by atoms with van der Waals surface area (Å²) in [4.78, 5) is 6.73. The molecule has 0 atom stereocenters. The Hall–Kier alpha value is -8.47. The molecule has 0 bridgehead atoms. The molecule has 0 fully saturated rings. The van der Waals surface area contributed by atoms with Gasteiger partial charge in [-0.1, -0.05) is 152 Å². The minimum atomic E-state index is 0.891. The van der Waals surface area contributed by atoms with E-state index < -0.39 is 0 Å².